The minimum Gasteiger partial charge on any atom is -0.375 e. The summed E-state index contributed by atoms with van der Waals surface area (Å²) in [6.07, 6.45) is 4.85. The van der Waals surface area contributed by atoms with E-state index in [1.54, 1.807) is 0 Å². The highest BCUT2D eigenvalue weighted by atomic mass is 16.5. The molecule has 0 bridgehead atoms. The lowest BCUT2D eigenvalue weighted by molar-refractivity contribution is -0.109. The van der Waals surface area contributed by atoms with Crippen molar-refractivity contribution in [2.24, 2.45) is 5.92 Å². The van der Waals surface area contributed by atoms with Crippen molar-refractivity contribution in [3.8, 4) is 6.07 Å². The van der Waals surface area contributed by atoms with E-state index in [0.29, 0.717) is 18.6 Å². The van der Waals surface area contributed by atoms with E-state index in [0.717, 1.165) is 25.7 Å². The Kier molecular flexibility index (Phi) is 5.06. The van der Waals surface area contributed by atoms with E-state index in [2.05, 4.69) is 39.1 Å². The molecule has 0 amide bonds. The summed E-state index contributed by atoms with van der Waals surface area (Å²) in [7, 11) is 0. The molecular weight excluding hydrogens is 252 g/mol. The molecule has 3 atom stereocenters. The number of ether oxygens (including phenoxy) is 2. The van der Waals surface area contributed by atoms with Crippen LogP contribution < -0.4 is 5.32 Å². The van der Waals surface area contributed by atoms with Crippen LogP contribution in [0.25, 0.3) is 0 Å². The van der Waals surface area contributed by atoms with Crippen molar-refractivity contribution in [3.05, 3.63) is 0 Å². The van der Waals surface area contributed by atoms with Crippen LogP contribution in [0.2, 0.25) is 0 Å². The Bertz CT molecular complexity index is 352. The summed E-state index contributed by atoms with van der Waals surface area (Å²) in [4.78, 5) is 0. The van der Waals surface area contributed by atoms with E-state index in [-0.39, 0.29) is 18.3 Å². The summed E-state index contributed by atoms with van der Waals surface area (Å²) in [6, 6.07) is 2.80. The van der Waals surface area contributed by atoms with Crippen molar-refractivity contribution in [1.82, 2.24) is 5.32 Å². The second-order valence-corrected chi connectivity index (χ2v) is 6.82. The van der Waals surface area contributed by atoms with Gasteiger partial charge in [-0.25, -0.2) is 0 Å². The highest BCUT2D eigenvalue weighted by Crippen LogP contribution is 2.40. The van der Waals surface area contributed by atoms with Gasteiger partial charge < -0.3 is 9.47 Å². The average Bonchev–Trinajstić information content (AvgIpc) is 3.17. The van der Waals surface area contributed by atoms with Crippen LogP contribution in [0.5, 0.6) is 0 Å². The molecule has 0 aromatic carbocycles. The largest absolute Gasteiger partial charge is 0.375 e. The van der Waals surface area contributed by atoms with Gasteiger partial charge in [-0.05, 0) is 59.3 Å². The van der Waals surface area contributed by atoms with Gasteiger partial charge in [-0.15, -0.1) is 0 Å². The molecule has 0 radical (unpaired) electrons. The summed E-state index contributed by atoms with van der Waals surface area (Å²) in [5, 5.41) is 13.1. The summed E-state index contributed by atoms with van der Waals surface area (Å²) in [5.74, 6) is 0.449. The molecule has 3 unspecified atom stereocenters. The Labute approximate surface area is 122 Å². The number of nitriles is 1. The normalized spacial score (nSPS) is 33.7. The molecule has 2 rings (SSSR count). The molecule has 1 heterocycles. The van der Waals surface area contributed by atoms with Gasteiger partial charge in [-0.2, -0.15) is 5.26 Å². The fourth-order valence-corrected chi connectivity index (χ4v) is 3.25. The van der Waals surface area contributed by atoms with E-state index >= 15 is 0 Å². The quantitative estimate of drug-likeness (QED) is 0.812. The van der Waals surface area contributed by atoms with Crippen molar-refractivity contribution < 1.29 is 9.47 Å². The number of nitrogens with one attached hydrogen (secondary N) is 1. The Morgan fingerprint density at radius 1 is 1.30 bits per heavy atom. The molecule has 0 aromatic heterocycles. The van der Waals surface area contributed by atoms with Gasteiger partial charge in [0.25, 0.3) is 0 Å². The molecule has 1 N–H and O–H groups in total. The van der Waals surface area contributed by atoms with Crippen molar-refractivity contribution in [2.45, 2.75) is 83.3 Å². The number of rotatable bonds is 6. The first kappa shape index (κ1) is 15.8. The summed E-state index contributed by atoms with van der Waals surface area (Å²) in [6.45, 7) is 8.87. The number of nitrogens with zero attached hydrogens (tertiary/aromatic N) is 1. The van der Waals surface area contributed by atoms with Crippen LogP contribution in [0.3, 0.4) is 0 Å². The van der Waals surface area contributed by atoms with Gasteiger partial charge >= 0.3 is 0 Å². The molecule has 4 heteroatoms. The zero-order chi connectivity index (χ0) is 14.8. The summed E-state index contributed by atoms with van der Waals surface area (Å²) < 4.78 is 11.9. The first-order chi connectivity index (χ1) is 9.45. The van der Waals surface area contributed by atoms with Gasteiger partial charge in [0.2, 0.25) is 0 Å². The highest BCUT2D eigenvalue weighted by Gasteiger charge is 2.47. The van der Waals surface area contributed by atoms with E-state index < -0.39 is 5.54 Å². The Morgan fingerprint density at radius 2 is 1.90 bits per heavy atom. The fraction of sp³-hybridized carbons (Fsp3) is 0.938. The van der Waals surface area contributed by atoms with Gasteiger partial charge in [0.15, 0.2) is 0 Å². The fourth-order valence-electron chi connectivity index (χ4n) is 3.25. The Morgan fingerprint density at radius 3 is 2.35 bits per heavy atom. The highest BCUT2D eigenvalue weighted by molar-refractivity contribution is 5.16. The molecule has 1 saturated carbocycles. The smallest absolute Gasteiger partial charge is 0.133 e. The molecule has 4 nitrogen and oxygen atoms in total. The topological polar surface area (TPSA) is 54.3 Å². The molecule has 1 aliphatic carbocycles. The van der Waals surface area contributed by atoms with Crippen LogP contribution in [0, 0.1) is 17.2 Å². The van der Waals surface area contributed by atoms with Crippen LogP contribution in [0.4, 0.5) is 0 Å². The molecule has 114 valence electrons. The third-order valence-electron chi connectivity index (χ3n) is 4.22. The van der Waals surface area contributed by atoms with Crippen LogP contribution in [-0.4, -0.2) is 36.5 Å². The van der Waals surface area contributed by atoms with Crippen molar-refractivity contribution in [1.29, 1.82) is 5.26 Å². The molecular formula is C16H28N2O2. The maximum absolute atomic E-state index is 9.65. The maximum atomic E-state index is 9.65. The summed E-state index contributed by atoms with van der Waals surface area (Å²) >= 11 is 0. The first-order valence-corrected chi connectivity index (χ1v) is 7.91. The lowest BCUT2D eigenvalue weighted by atomic mass is 9.94. The van der Waals surface area contributed by atoms with Gasteiger partial charge in [0, 0.05) is 6.04 Å². The Balaban J connectivity index is 1.93. The SMILES string of the molecule is CC(C)NC(C#N)(COC1CC(C)OC(C)C1)C1CC1. The molecule has 0 spiro atoms. The molecule has 0 aromatic rings. The van der Waals surface area contributed by atoms with Crippen LogP contribution in [-0.2, 0) is 9.47 Å². The zero-order valence-corrected chi connectivity index (χ0v) is 13.2. The number of hydrogen-bond acceptors (Lipinski definition) is 4. The standard InChI is InChI=1S/C16H28N2O2/c1-11(2)18-16(9-17,14-5-6-14)10-19-15-7-12(3)20-13(4)8-15/h11-15,18H,5-8,10H2,1-4H3. The minimum atomic E-state index is -0.501. The third-order valence-corrected chi connectivity index (χ3v) is 4.22. The van der Waals surface area contributed by atoms with E-state index in [1.165, 1.54) is 0 Å². The molecule has 1 aliphatic heterocycles. The van der Waals surface area contributed by atoms with Gasteiger partial charge in [0.1, 0.15) is 5.54 Å². The second kappa shape index (κ2) is 6.43. The monoisotopic (exact) mass is 280 g/mol. The van der Waals surface area contributed by atoms with Crippen LogP contribution in [0.15, 0.2) is 0 Å². The zero-order valence-electron chi connectivity index (χ0n) is 13.2. The maximum Gasteiger partial charge on any atom is 0.133 e. The van der Waals surface area contributed by atoms with Crippen LogP contribution in [0.1, 0.15) is 53.4 Å². The van der Waals surface area contributed by atoms with Gasteiger partial charge in [-0.3, -0.25) is 5.32 Å². The predicted octanol–water partition coefficient (Wildman–Crippen LogP) is 2.63. The van der Waals surface area contributed by atoms with Gasteiger partial charge in [0.05, 0.1) is 31.0 Å². The molecule has 1 saturated heterocycles. The van der Waals surface area contributed by atoms with Gasteiger partial charge in [-0.1, -0.05) is 0 Å². The molecule has 2 fully saturated rings. The van der Waals surface area contributed by atoms with Crippen molar-refractivity contribution >= 4 is 0 Å². The van der Waals surface area contributed by atoms with Crippen molar-refractivity contribution in [3.63, 3.8) is 0 Å². The minimum absolute atomic E-state index is 0.217. The average molecular weight is 280 g/mol. The molecule has 20 heavy (non-hydrogen) atoms. The third kappa shape index (κ3) is 3.94. The first-order valence-electron chi connectivity index (χ1n) is 7.91. The molecule has 2 aliphatic rings. The van der Waals surface area contributed by atoms with E-state index in [1.807, 2.05) is 0 Å². The second-order valence-electron chi connectivity index (χ2n) is 6.82. The van der Waals surface area contributed by atoms with E-state index in [4.69, 9.17) is 9.47 Å². The van der Waals surface area contributed by atoms with Crippen LogP contribution >= 0.6 is 0 Å². The summed E-state index contributed by atoms with van der Waals surface area (Å²) in [5.41, 5.74) is -0.501. The van der Waals surface area contributed by atoms with E-state index in [9.17, 15) is 5.26 Å². The number of hydrogen-bond donors (Lipinski definition) is 1. The Hall–Kier alpha value is -0.630. The lowest BCUT2D eigenvalue weighted by Crippen LogP contribution is -2.54. The van der Waals surface area contributed by atoms with Crippen molar-refractivity contribution in [2.75, 3.05) is 6.61 Å². The lowest BCUT2D eigenvalue weighted by Gasteiger charge is -2.36. The predicted molar refractivity (Wildman–Crippen MR) is 78.3 cm³/mol.